The number of H-pyrrole nitrogens is 2. The molecule has 3 N–H and O–H groups in total. The van der Waals surface area contributed by atoms with Gasteiger partial charge in [0, 0.05) is 31.4 Å². The zero-order valence-corrected chi connectivity index (χ0v) is 17.8. The molecule has 2 aromatic heterocycles. The number of nitrogens with zero attached hydrogens (tertiary/aromatic N) is 1. The molecule has 3 heterocycles. The maximum absolute atomic E-state index is 13.0. The normalized spacial score (nSPS) is 14.5. The Labute approximate surface area is 182 Å². The summed E-state index contributed by atoms with van der Waals surface area (Å²) in [6, 6.07) is 7.17. The van der Waals surface area contributed by atoms with E-state index in [1.165, 1.54) is 14.0 Å². The van der Waals surface area contributed by atoms with Crippen LogP contribution in [0.2, 0.25) is 0 Å². The second-order valence-corrected chi connectivity index (χ2v) is 7.69. The third-order valence-corrected chi connectivity index (χ3v) is 5.64. The van der Waals surface area contributed by atoms with Crippen LogP contribution in [-0.2, 0) is 14.3 Å². The van der Waals surface area contributed by atoms with Crippen molar-refractivity contribution in [1.82, 2.24) is 20.2 Å². The first kappa shape index (κ1) is 21.4. The summed E-state index contributed by atoms with van der Waals surface area (Å²) in [7, 11) is 1.42. The van der Waals surface area contributed by atoms with Crippen LogP contribution in [0.25, 0.3) is 21.8 Å². The molecule has 0 bridgehead atoms. The van der Waals surface area contributed by atoms with Crippen molar-refractivity contribution in [2.75, 3.05) is 26.8 Å². The average molecular weight is 440 g/mol. The number of piperidine rings is 1. The summed E-state index contributed by atoms with van der Waals surface area (Å²) in [5.41, 5.74) is 1.03. The molecule has 32 heavy (non-hydrogen) atoms. The number of benzene rings is 1. The van der Waals surface area contributed by atoms with Crippen molar-refractivity contribution in [1.29, 1.82) is 0 Å². The van der Waals surface area contributed by atoms with E-state index in [0.717, 1.165) is 5.39 Å². The summed E-state index contributed by atoms with van der Waals surface area (Å²) in [6.45, 7) is 1.86. The van der Waals surface area contributed by atoms with Gasteiger partial charge in [-0.1, -0.05) is 18.2 Å². The van der Waals surface area contributed by atoms with Crippen molar-refractivity contribution in [2.24, 2.45) is 0 Å². The van der Waals surface area contributed by atoms with Gasteiger partial charge in [-0.3, -0.25) is 19.2 Å². The number of aromatic amines is 2. The van der Waals surface area contributed by atoms with Crippen molar-refractivity contribution in [2.45, 2.75) is 25.8 Å². The monoisotopic (exact) mass is 440 g/mol. The number of carbonyl (C=O) groups excluding carboxylic acids is 3. The van der Waals surface area contributed by atoms with Gasteiger partial charge in [0.05, 0.1) is 18.1 Å². The molecular weight excluding hydrogens is 416 g/mol. The number of methoxy groups -OCH3 is 1. The fourth-order valence-corrected chi connectivity index (χ4v) is 4.05. The first-order valence-corrected chi connectivity index (χ1v) is 10.3. The Morgan fingerprint density at radius 3 is 2.56 bits per heavy atom. The minimum Gasteiger partial charge on any atom is -0.493 e. The van der Waals surface area contributed by atoms with Crippen LogP contribution in [0.4, 0.5) is 0 Å². The van der Waals surface area contributed by atoms with Crippen molar-refractivity contribution < 1.29 is 23.9 Å². The van der Waals surface area contributed by atoms with Gasteiger partial charge >= 0.3 is 5.97 Å². The second kappa shape index (κ2) is 8.74. The van der Waals surface area contributed by atoms with Crippen LogP contribution in [0.5, 0.6) is 5.75 Å². The number of aromatic nitrogens is 2. The number of pyridine rings is 1. The van der Waals surface area contributed by atoms with Gasteiger partial charge in [-0.15, -0.1) is 0 Å². The number of para-hydroxylation sites is 1. The van der Waals surface area contributed by atoms with Gasteiger partial charge in [0.15, 0.2) is 12.4 Å². The molecule has 0 atom stereocenters. The number of esters is 1. The van der Waals surface area contributed by atoms with E-state index >= 15 is 0 Å². The van der Waals surface area contributed by atoms with Gasteiger partial charge in [-0.25, -0.2) is 0 Å². The zero-order chi connectivity index (χ0) is 22.8. The third kappa shape index (κ3) is 4.03. The summed E-state index contributed by atoms with van der Waals surface area (Å²) in [5.74, 6) is -0.947. The number of fused-ring (bicyclic) bond motifs is 3. The number of amides is 2. The van der Waals surface area contributed by atoms with E-state index in [1.807, 2.05) is 18.2 Å². The number of rotatable bonds is 5. The largest absolute Gasteiger partial charge is 0.493 e. The zero-order valence-electron chi connectivity index (χ0n) is 17.8. The Hall–Kier alpha value is -3.82. The maximum atomic E-state index is 13.0. The van der Waals surface area contributed by atoms with Crippen LogP contribution >= 0.6 is 0 Å². The lowest BCUT2D eigenvalue weighted by molar-refractivity contribution is -0.150. The minimum absolute atomic E-state index is 0.147. The molecule has 0 radical (unpaired) electrons. The van der Waals surface area contributed by atoms with Gasteiger partial charge in [-0.05, 0) is 18.9 Å². The van der Waals surface area contributed by atoms with Crippen LogP contribution in [0.1, 0.15) is 30.3 Å². The summed E-state index contributed by atoms with van der Waals surface area (Å²) in [6.07, 6.45) is 1.12. The number of carbonyl (C=O) groups is 3. The predicted molar refractivity (Wildman–Crippen MR) is 117 cm³/mol. The lowest BCUT2D eigenvalue weighted by atomic mass is 10.0. The highest BCUT2D eigenvalue weighted by Gasteiger charge is 2.27. The average Bonchev–Trinajstić information content (AvgIpc) is 3.19. The Kier molecular flexibility index (Phi) is 5.85. The molecule has 168 valence electrons. The molecule has 0 unspecified atom stereocenters. The molecule has 1 aliphatic rings. The first-order valence-electron chi connectivity index (χ1n) is 10.3. The number of ether oxygens (including phenoxy) is 2. The van der Waals surface area contributed by atoms with Crippen LogP contribution in [-0.4, -0.2) is 65.5 Å². The summed E-state index contributed by atoms with van der Waals surface area (Å²) < 4.78 is 10.2. The van der Waals surface area contributed by atoms with Gasteiger partial charge in [0.2, 0.25) is 0 Å². The van der Waals surface area contributed by atoms with Crippen molar-refractivity contribution in [3.8, 4) is 5.75 Å². The molecule has 0 spiro atoms. The molecule has 2 amide bonds. The smallest absolute Gasteiger partial charge is 0.303 e. The fourth-order valence-electron chi connectivity index (χ4n) is 4.05. The molecule has 1 saturated heterocycles. The van der Waals surface area contributed by atoms with Crippen molar-refractivity contribution in [3.63, 3.8) is 0 Å². The summed E-state index contributed by atoms with van der Waals surface area (Å²) in [4.78, 5) is 56.1. The van der Waals surface area contributed by atoms with E-state index in [4.69, 9.17) is 9.47 Å². The van der Waals surface area contributed by atoms with E-state index in [-0.39, 0.29) is 41.5 Å². The minimum atomic E-state index is -0.501. The van der Waals surface area contributed by atoms with Gasteiger partial charge in [0.1, 0.15) is 11.1 Å². The molecule has 3 aromatic rings. The van der Waals surface area contributed by atoms with Crippen LogP contribution < -0.4 is 15.6 Å². The van der Waals surface area contributed by atoms with Crippen molar-refractivity contribution >= 4 is 39.6 Å². The first-order chi connectivity index (χ1) is 15.4. The van der Waals surface area contributed by atoms with E-state index in [1.54, 1.807) is 11.0 Å². The molecule has 1 aromatic carbocycles. The second-order valence-electron chi connectivity index (χ2n) is 7.69. The molecular formula is C22H24N4O6. The van der Waals surface area contributed by atoms with E-state index in [9.17, 15) is 19.2 Å². The lowest BCUT2D eigenvalue weighted by Crippen LogP contribution is -2.47. The topological polar surface area (TPSA) is 134 Å². The highest BCUT2D eigenvalue weighted by atomic mass is 16.5. The SMILES string of the molecule is COc1c(C(=O)NC2CCN(C(=O)COC(C)=O)CC2)[nH]c2c1c(=O)[nH]c1ccccc12. The number of likely N-dealkylation sites (tertiary alicyclic amines) is 1. The Bertz CT molecular complexity index is 1250. The number of hydrogen-bond donors (Lipinski definition) is 3. The Balaban J connectivity index is 1.51. The molecule has 1 aliphatic heterocycles. The quantitative estimate of drug-likeness (QED) is 0.512. The number of nitrogens with one attached hydrogen (secondary N) is 3. The molecule has 10 nitrogen and oxygen atoms in total. The molecule has 4 rings (SSSR count). The molecule has 10 heteroatoms. The van der Waals surface area contributed by atoms with Crippen molar-refractivity contribution in [3.05, 3.63) is 40.3 Å². The highest BCUT2D eigenvalue weighted by molar-refractivity contribution is 6.11. The lowest BCUT2D eigenvalue weighted by Gasteiger charge is -2.32. The van der Waals surface area contributed by atoms with Gasteiger partial charge in [-0.2, -0.15) is 0 Å². The van der Waals surface area contributed by atoms with Gasteiger partial charge < -0.3 is 29.7 Å². The molecule has 0 aliphatic carbocycles. The van der Waals surface area contributed by atoms with Crippen LogP contribution in [0.3, 0.4) is 0 Å². The fraction of sp³-hybridized carbons (Fsp3) is 0.364. The van der Waals surface area contributed by atoms with E-state index < -0.39 is 5.97 Å². The standard InChI is InChI=1S/C22H24N4O6/c1-12(27)32-11-16(28)26-9-7-13(8-10-26)23-22(30)19-20(31-2)17-18(25-19)14-5-3-4-6-15(14)24-21(17)29/h3-6,13,25H,7-11H2,1-2H3,(H,23,30)(H,24,29). The maximum Gasteiger partial charge on any atom is 0.303 e. The predicted octanol–water partition coefficient (Wildman–Crippen LogP) is 1.30. The van der Waals surface area contributed by atoms with Crippen LogP contribution in [0, 0.1) is 0 Å². The molecule has 1 fully saturated rings. The van der Waals surface area contributed by atoms with Gasteiger partial charge in [0.25, 0.3) is 17.4 Å². The Morgan fingerprint density at radius 2 is 1.88 bits per heavy atom. The highest BCUT2D eigenvalue weighted by Crippen LogP contribution is 2.31. The molecule has 0 saturated carbocycles. The third-order valence-electron chi connectivity index (χ3n) is 5.64. The summed E-state index contributed by atoms with van der Waals surface area (Å²) in [5, 5.41) is 4.03. The van der Waals surface area contributed by atoms with E-state index in [2.05, 4.69) is 15.3 Å². The Morgan fingerprint density at radius 1 is 1.16 bits per heavy atom. The van der Waals surface area contributed by atoms with Crippen LogP contribution in [0.15, 0.2) is 29.1 Å². The van der Waals surface area contributed by atoms with E-state index in [0.29, 0.717) is 42.4 Å². The summed E-state index contributed by atoms with van der Waals surface area (Å²) >= 11 is 0. The number of hydrogen-bond acceptors (Lipinski definition) is 6.